The van der Waals surface area contributed by atoms with Crippen LogP contribution >= 0.6 is 0 Å². The SMILES string of the molecule is O=C(O)c1[nH]ccc1-c1c[nH]c2cc(F)ccc12. The van der Waals surface area contributed by atoms with Gasteiger partial charge >= 0.3 is 5.97 Å². The number of aromatic nitrogens is 2. The molecule has 3 rings (SSSR count). The molecule has 4 nitrogen and oxygen atoms in total. The maximum Gasteiger partial charge on any atom is 0.352 e. The highest BCUT2D eigenvalue weighted by molar-refractivity contribution is 6.02. The summed E-state index contributed by atoms with van der Waals surface area (Å²) in [6.45, 7) is 0. The van der Waals surface area contributed by atoms with Gasteiger partial charge in [0.1, 0.15) is 11.5 Å². The summed E-state index contributed by atoms with van der Waals surface area (Å²) in [5, 5.41) is 9.86. The molecule has 2 aromatic heterocycles. The molecule has 0 saturated carbocycles. The molecule has 2 heterocycles. The van der Waals surface area contributed by atoms with Crippen molar-refractivity contribution in [2.45, 2.75) is 0 Å². The Morgan fingerprint density at radius 1 is 1.17 bits per heavy atom. The van der Waals surface area contributed by atoms with E-state index in [0.717, 1.165) is 10.9 Å². The van der Waals surface area contributed by atoms with Crippen molar-refractivity contribution < 1.29 is 14.3 Å². The van der Waals surface area contributed by atoms with Crippen LogP contribution in [-0.2, 0) is 0 Å². The summed E-state index contributed by atoms with van der Waals surface area (Å²) in [5.41, 5.74) is 2.09. The Balaban J connectivity index is 2.26. The van der Waals surface area contributed by atoms with Gasteiger partial charge in [0.25, 0.3) is 0 Å². The van der Waals surface area contributed by atoms with E-state index < -0.39 is 5.97 Å². The molecule has 18 heavy (non-hydrogen) atoms. The Bertz CT molecular complexity index is 742. The average Bonchev–Trinajstić information content (AvgIpc) is 2.92. The third-order valence-electron chi connectivity index (χ3n) is 2.89. The van der Waals surface area contributed by atoms with Crippen molar-refractivity contribution in [1.82, 2.24) is 9.97 Å². The summed E-state index contributed by atoms with van der Waals surface area (Å²) in [4.78, 5) is 16.7. The molecule has 0 aliphatic rings. The molecule has 1 aromatic carbocycles. The van der Waals surface area contributed by atoms with E-state index in [9.17, 15) is 9.18 Å². The number of H-pyrrole nitrogens is 2. The first kappa shape index (κ1) is 10.6. The Morgan fingerprint density at radius 2 is 2.00 bits per heavy atom. The van der Waals surface area contributed by atoms with Crippen LogP contribution < -0.4 is 0 Å². The minimum absolute atomic E-state index is 0.125. The zero-order chi connectivity index (χ0) is 12.7. The molecule has 0 amide bonds. The lowest BCUT2D eigenvalue weighted by molar-refractivity contribution is 0.0692. The highest BCUT2D eigenvalue weighted by Gasteiger charge is 2.15. The summed E-state index contributed by atoms with van der Waals surface area (Å²) in [6.07, 6.45) is 3.25. The molecule has 0 bridgehead atoms. The van der Waals surface area contributed by atoms with Crippen LogP contribution in [0.15, 0.2) is 36.7 Å². The van der Waals surface area contributed by atoms with Crippen molar-refractivity contribution in [2.75, 3.05) is 0 Å². The second-order valence-corrected chi connectivity index (χ2v) is 3.96. The first-order valence-corrected chi connectivity index (χ1v) is 5.34. The van der Waals surface area contributed by atoms with Crippen molar-refractivity contribution in [1.29, 1.82) is 0 Å². The van der Waals surface area contributed by atoms with Gasteiger partial charge in [-0.05, 0) is 24.3 Å². The van der Waals surface area contributed by atoms with Crippen molar-refractivity contribution >= 4 is 16.9 Å². The average molecular weight is 244 g/mol. The van der Waals surface area contributed by atoms with E-state index in [0.29, 0.717) is 11.1 Å². The number of carbonyl (C=O) groups is 1. The fourth-order valence-corrected chi connectivity index (χ4v) is 2.09. The van der Waals surface area contributed by atoms with Crippen LogP contribution in [-0.4, -0.2) is 21.0 Å². The minimum atomic E-state index is -1.02. The molecule has 0 spiro atoms. The zero-order valence-corrected chi connectivity index (χ0v) is 9.20. The van der Waals surface area contributed by atoms with Gasteiger partial charge in [0.2, 0.25) is 0 Å². The largest absolute Gasteiger partial charge is 0.477 e. The minimum Gasteiger partial charge on any atom is -0.477 e. The van der Waals surface area contributed by atoms with Crippen LogP contribution in [0.2, 0.25) is 0 Å². The number of nitrogens with one attached hydrogen (secondary N) is 2. The van der Waals surface area contributed by atoms with E-state index in [1.165, 1.54) is 12.1 Å². The number of rotatable bonds is 2. The molecule has 0 unspecified atom stereocenters. The van der Waals surface area contributed by atoms with Crippen molar-refractivity contribution in [2.24, 2.45) is 0 Å². The molecule has 0 aliphatic carbocycles. The lowest BCUT2D eigenvalue weighted by Crippen LogP contribution is -1.98. The standard InChI is InChI=1S/C13H9FN2O2/c14-7-1-2-8-10(6-16-11(8)5-7)9-3-4-15-12(9)13(17)18/h1-6,15-16H,(H,17,18). The number of hydrogen-bond donors (Lipinski definition) is 3. The van der Waals surface area contributed by atoms with Gasteiger partial charge < -0.3 is 15.1 Å². The van der Waals surface area contributed by atoms with Gasteiger partial charge in [0.05, 0.1) is 0 Å². The number of benzene rings is 1. The van der Waals surface area contributed by atoms with E-state index >= 15 is 0 Å². The van der Waals surface area contributed by atoms with Gasteiger partial charge in [-0.25, -0.2) is 9.18 Å². The summed E-state index contributed by atoms with van der Waals surface area (Å²) in [7, 11) is 0. The van der Waals surface area contributed by atoms with E-state index in [4.69, 9.17) is 5.11 Å². The number of aromatic carboxylic acids is 1. The zero-order valence-electron chi connectivity index (χ0n) is 9.20. The van der Waals surface area contributed by atoms with Crippen LogP contribution in [0.25, 0.3) is 22.0 Å². The summed E-state index contributed by atoms with van der Waals surface area (Å²) >= 11 is 0. The van der Waals surface area contributed by atoms with Crippen LogP contribution in [0.4, 0.5) is 4.39 Å². The van der Waals surface area contributed by atoms with E-state index in [-0.39, 0.29) is 11.5 Å². The van der Waals surface area contributed by atoms with Crippen molar-refractivity contribution in [3.8, 4) is 11.1 Å². The topological polar surface area (TPSA) is 68.9 Å². The number of fused-ring (bicyclic) bond motifs is 1. The summed E-state index contributed by atoms with van der Waals surface area (Å²) in [5.74, 6) is -1.35. The first-order chi connectivity index (χ1) is 8.66. The fraction of sp³-hybridized carbons (Fsp3) is 0. The third kappa shape index (κ3) is 1.48. The van der Waals surface area contributed by atoms with Gasteiger partial charge in [-0.3, -0.25) is 0 Å². The maximum absolute atomic E-state index is 13.1. The van der Waals surface area contributed by atoms with Crippen LogP contribution in [0, 0.1) is 5.82 Å². The normalized spacial score (nSPS) is 10.9. The first-order valence-electron chi connectivity index (χ1n) is 5.34. The molecule has 3 aromatic rings. The van der Waals surface area contributed by atoms with Gasteiger partial charge in [0.15, 0.2) is 0 Å². The van der Waals surface area contributed by atoms with Crippen molar-refractivity contribution in [3.05, 3.63) is 48.2 Å². The summed E-state index contributed by atoms with van der Waals surface area (Å²) < 4.78 is 13.1. The number of carboxylic acid groups (broad SMARTS) is 1. The third-order valence-corrected chi connectivity index (χ3v) is 2.89. The molecule has 5 heteroatoms. The summed E-state index contributed by atoms with van der Waals surface area (Å²) in [6, 6.07) is 6.06. The number of hydrogen-bond acceptors (Lipinski definition) is 1. The lowest BCUT2D eigenvalue weighted by atomic mass is 10.1. The smallest absolute Gasteiger partial charge is 0.352 e. The predicted molar refractivity (Wildman–Crippen MR) is 65.0 cm³/mol. The van der Waals surface area contributed by atoms with E-state index in [1.54, 1.807) is 24.5 Å². The van der Waals surface area contributed by atoms with E-state index in [2.05, 4.69) is 9.97 Å². The monoisotopic (exact) mass is 244 g/mol. The Morgan fingerprint density at radius 3 is 2.78 bits per heavy atom. The molecule has 3 N–H and O–H groups in total. The van der Waals surface area contributed by atoms with Crippen molar-refractivity contribution in [3.63, 3.8) is 0 Å². The molecule has 0 radical (unpaired) electrons. The molecule has 0 saturated heterocycles. The van der Waals surface area contributed by atoms with Gasteiger partial charge in [0, 0.05) is 34.4 Å². The second kappa shape index (κ2) is 3.73. The van der Waals surface area contributed by atoms with Crippen LogP contribution in [0.3, 0.4) is 0 Å². The molecular weight excluding hydrogens is 235 g/mol. The van der Waals surface area contributed by atoms with Gasteiger partial charge in [-0.1, -0.05) is 0 Å². The second-order valence-electron chi connectivity index (χ2n) is 3.96. The highest BCUT2D eigenvalue weighted by Crippen LogP contribution is 2.31. The van der Waals surface area contributed by atoms with Gasteiger partial charge in [-0.15, -0.1) is 0 Å². The fourth-order valence-electron chi connectivity index (χ4n) is 2.09. The molecule has 0 fully saturated rings. The molecule has 0 aliphatic heterocycles. The van der Waals surface area contributed by atoms with E-state index in [1.807, 2.05) is 0 Å². The number of carboxylic acids is 1. The highest BCUT2D eigenvalue weighted by atomic mass is 19.1. The maximum atomic E-state index is 13.1. The number of aromatic amines is 2. The Labute approximate surface area is 101 Å². The quantitative estimate of drug-likeness (QED) is 0.648. The van der Waals surface area contributed by atoms with Crippen LogP contribution in [0.1, 0.15) is 10.5 Å². The number of halogens is 1. The van der Waals surface area contributed by atoms with Crippen LogP contribution in [0.5, 0.6) is 0 Å². The lowest BCUT2D eigenvalue weighted by Gasteiger charge is -1.98. The van der Waals surface area contributed by atoms with Gasteiger partial charge in [-0.2, -0.15) is 0 Å². The predicted octanol–water partition coefficient (Wildman–Crippen LogP) is 3.00. The Kier molecular flexibility index (Phi) is 2.19. The Hall–Kier alpha value is -2.56. The molecule has 0 atom stereocenters. The molecular formula is C13H9FN2O2. The molecule has 90 valence electrons.